The molecule has 0 fully saturated rings. The Morgan fingerprint density at radius 1 is 0.434 bits per heavy atom. The average molecular weight is 682 g/mol. The fraction of sp³-hybridized carbons (Fsp3) is 0.0588. The highest BCUT2D eigenvalue weighted by Crippen LogP contribution is 2.54. The van der Waals surface area contributed by atoms with Crippen LogP contribution in [0.25, 0.3) is 88.8 Å². The number of hydrogen-bond donors (Lipinski definition) is 0. The van der Waals surface area contributed by atoms with Crippen LogP contribution in [0.3, 0.4) is 0 Å². The molecule has 250 valence electrons. The van der Waals surface area contributed by atoms with Crippen LogP contribution in [-0.4, -0.2) is 9.97 Å². The van der Waals surface area contributed by atoms with Gasteiger partial charge in [0.15, 0.2) is 5.82 Å². The Balaban J connectivity index is 1.22. The van der Waals surface area contributed by atoms with E-state index in [1.165, 1.54) is 33.0 Å². The summed E-state index contributed by atoms with van der Waals surface area (Å²) in [7, 11) is 0. The van der Waals surface area contributed by atoms with Crippen molar-refractivity contribution in [3.05, 3.63) is 193 Å². The smallest absolute Gasteiger partial charge is 0.160 e. The molecule has 2 heteroatoms. The first-order valence-corrected chi connectivity index (χ1v) is 17.9. The molecular formula is C51H36N2. The zero-order valence-electron chi connectivity index (χ0n) is 34.3. The lowest BCUT2D eigenvalue weighted by Crippen LogP contribution is -2.14. The van der Waals surface area contributed by atoms with E-state index in [0.29, 0.717) is 11.4 Å². The Hall–Kier alpha value is -6.64. The zero-order valence-corrected chi connectivity index (χ0v) is 29.3. The Morgan fingerprint density at radius 2 is 1.04 bits per heavy atom. The van der Waals surface area contributed by atoms with Gasteiger partial charge in [0.05, 0.1) is 18.2 Å². The van der Waals surface area contributed by atoms with Crippen molar-refractivity contribution in [1.29, 1.82) is 0 Å². The Morgan fingerprint density at radius 3 is 1.81 bits per heavy atom. The molecule has 1 aliphatic rings. The molecule has 0 radical (unpaired) electrons. The molecule has 0 amide bonds. The normalized spacial score (nSPS) is 14.2. The minimum absolute atomic E-state index is 0.0409. The molecule has 1 heterocycles. The van der Waals surface area contributed by atoms with E-state index in [9.17, 15) is 0 Å². The van der Waals surface area contributed by atoms with Gasteiger partial charge in [-0.25, -0.2) is 9.97 Å². The van der Waals surface area contributed by atoms with Crippen LogP contribution in [0.15, 0.2) is 182 Å². The lowest BCUT2D eigenvalue weighted by Gasteiger charge is -2.22. The molecule has 10 rings (SSSR count). The van der Waals surface area contributed by atoms with Gasteiger partial charge in [-0.2, -0.15) is 0 Å². The summed E-state index contributed by atoms with van der Waals surface area (Å²) in [5.74, 6) is 0.0625. The summed E-state index contributed by atoms with van der Waals surface area (Å²) in [6.07, 6.45) is 0. The van der Waals surface area contributed by atoms with Crippen molar-refractivity contribution in [2.75, 3.05) is 0 Å². The van der Waals surface area contributed by atoms with Crippen LogP contribution in [0, 0.1) is 0 Å². The molecule has 1 aromatic heterocycles. The van der Waals surface area contributed by atoms with Crippen LogP contribution in [0.5, 0.6) is 0 Å². The second kappa shape index (κ2) is 12.3. The van der Waals surface area contributed by atoms with E-state index in [-0.39, 0.29) is 28.9 Å². The lowest BCUT2D eigenvalue weighted by molar-refractivity contribution is 0.661. The van der Waals surface area contributed by atoms with E-state index in [2.05, 4.69) is 98.8 Å². The fourth-order valence-electron chi connectivity index (χ4n) is 8.23. The second-order valence-corrected chi connectivity index (χ2v) is 14.2. The standard InChI is InChI=1S/C51H36N2/c1-51(2)45-27-15-26-43(49(45)44-30-35-20-9-10-21-36(35)31-46(44)51)40-28-29-42(39-24-13-12-23-38(39)40)48-32-47(52-50(53-48)34-18-7-4-8-19-34)41-25-14-11-22-37(41)33-16-5-3-6-17-33/h3-32H,1-2H3/i4D,7D,8D,18D,19D. The number of hydrogen-bond acceptors (Lipinski definition) is 2. The summed E-state index contributed by atoms with van der Waals surface area (Å²) < 4.78 is 43.0. The first-order valence-electron chi connectivity index (χ1n) is 20.4. The van der Waals surface area contributed by atoms with Crippen LogP contribution in [-0.2, 0) is 5.41 Å². The predicted octanol–water partition coefficient (Wildman–Crippen LogP) is 13.4. The van der Waals surface area contributed by atoms with Gasteiger partial charge in [-0.1, -0.05) is 178 Å². The van der Waals surface area contributed by atoms with E-state index >= 15 is 0 Å². The third kappa shape index (κ3) is 5.10. The van der Waals surface area contributed by atoms with Gasteiger partial charge >= 0.3 is 0 Å². The molecule has 0 saturated heterocycles. The maximum atomic E-state index is 8.89. The Labute approximate surface area is 317 Å². The third-order valence-corrected chi connectivity index (χ3v) is 10.8. The van der Waals surface area contributed by atoms with Gasteiger partial charge in [0.1, 0.15) is 0 Å². The molecule has 0 N–H and O–H groups in total. The minimum Gasteiger partial charge on any atom is -0.228 e. The van der Waals surface area contributed by atoms with Crippen molar-refractivity contribution in [1.82, 2.24) is 9.97 Å². The largest absolute Gasteiger partial charge is 0.228 e. The van der Waals surface area contributed by atoms with E-state index in [1.54, 1.807) is 0 Å². The highest BCUT2D eigenvalue weighted by atomic mass is 14.9. The molecule has 0 unspecified atom stereocenters. The van der Waals surface area contributed by atoms with Crippen molar-refractivity contribution < 1.29 is 6.85 Å². The molecule has 53 heavy (non-hydrogen) atoms. The lowest BCUT2D eigenvalue weighted by atomic mass is 9.81. The number of rotatable bonds is 5. The summed E-state index contributed by atoms with van der Waals surface area (Å²) in [6, 6.07) is 50.5. The highest BCUT2D eigenvalue weighted by Gasteiger charge is 2.37. The molecule has 9 aromatic rings. The van der Waals surface area contributed by atoms with Crippen molar-refractivity contribution in [3.63, 3.8) is 0 Å². The minimum atomic E-state index is -0.460. The van der Waals surface area contributed by atoms with E-state index in [4.69, 9.17) is 16.8 Å². The number of fused-ring (bicyclic) bond motifs is 5. The van der Waals surface area contributed by atoms with Gasteiger partial charge in [-0.3, -0.25) is 0 Å². The number of aromatic nitrogens is 2. The second-order valence-electron chi connectivity index (χ2n) is 14.2. The molecule has 8 aromatic carbocycles. The van der Waals surface area contributed by atoms with Crippen molar-refractivity contribution in [2.45, 2.75) is 19.3 Å². The van der Waals surface area contributed by atoms with Crippen LogP contribution < -0.4 is 0 Å². The SMILES string of the molecule is [2H]c1c([2H])c([2H])c(-c2nc(-c3ccccc3-c3ccccc3)cc(-c3ccc(-c4cccc5c4-c4cc6ccccc6cc4C5(C)C)c4ccccc34)n2)c([2H])c1[2H]. The quantitative estimate of drug-likeness (QED) is 0.181. The predicted molar refractivity (Wildman–Crippen MR) is 222 cm³/mol. The summed E-state index contributed by atoms with van der Waals surface area (Å²) >= 11 is 0. The molecule has 2 nitrogen and oxygen atoms in total. The average Bonchev–Trinajstić information content (AvgIpc) is 3.49. The molecule has 0 aliphatic heterocycles. The van der Waals surface area contributed by atoms with E-state index < -0.39 is 18.1 Å². The summed E-state index contributed by atoms with van der Waals surface area (Å²) in [6.45, 7) is 4.63. The summed E-state index contributed by atoms with van der Waals surface area (Å²) in [4.78, 5) is 10.0. The van der Waals surface area contributed by atoms with Gasteiger partial charge in [0, 0.05) is 22.1 Å². The van der Waals surface area contributed by atoms with Gasteiger partial charge < -0.3 is 0 Å². The van der Waals surface area contributed by atoms with Gasteiger partial charge in [0.25, 0.3) is 0 Å². The maximum absolute atomic E-state index is 8.89. The first kappa shape index (κ1) is 26.2. The van der Waals surface area contributed by atoms with Crippen LogP contribution in [0.1, 0.15) is 31.8 Å². The molecule has 0 bridgehead atoms. The summed E-state index contributed by atoms with van der Waals surface area (Å²) in [5.41, 5.74) is 11.9. The Bertz CT molecular complexity index is 3130. The monoisotopic (exact) mass is 681 g/mol. The highest BCUT2D eigenvalue weighted by molar-refractivity contribution is 6.08. The molecule has 0 saturated carbocycles. The number of benzene rings is 8. The fourth-order valence-corrected chi connectivity index (χ4v) is 8.23. The Kier molecular flexibility index (Phi) is 6.05. The number of nitrogens with zero attached hydrogens (tertiary/aromatic N) is 2. The van der Waals surface area contributed by atoms with Crippen molar-refractivity contribution in [2.24, 2.45) is 0 Å². The van der Waals surface area contributed by atoms with Crippen LogP contribution in [0.4, 0.5) is 0 Å². The molecule has 0 atom stereocenters. The summed E-state index contributed by atoms with van der Waals surface area (Å²) in [5, 5.41) is 4.47. The third-order valence-electron chi connectivity index (χ3n) is 10.8. The van der Waals surface area contributed by atoms with Crippen LogP contribution in [0.2, 0.25) is 0 Å². The molecular weight excluding hydrogens is 641 g/mol. The van der Waals surface area contributed by atoms with Crippen LogP contribution >= 0.6 is 0 Å². The van der Waals surface area contributed by atoms with E-state index in [1.807, 2.05) is 66.7 Å². The van der Waals surface area contributed by atoms with Gasteiger partial charge in [0.2, 0.25) is 0 Å². The van der Waals surface area contributed by atoms with Gasteiger partial charge in [-0.15, -0.1) is 0 Å². The van der Waals surface area contributed by atoms with Crippen molar-refractivity contribution >= 4 is 21.5 Å². The molecule has 1 aliphatic carbocycles. The topological polar surface area (TPSA) is 25.8 Å². The maximum Gasteiger partial charge on any atom is 0.160 e. The van der Waals surface area contributed by atoms with E-state index in [0.717, 1.165) is 44.2 Å². The van der Waals surface area contributed by atoms with Gasteiger partial charge in [-0.05, 0) is 84.3 Å². The molecule has 0 spiro atoms. The zero-order chi connectivity index (χ0) is 39.9. The van der Waals surface area contributed by atoms with Crippen molar-refractivity contribution in [3.8, 4) is 67.3 Å². The first-order chi connectivity index (χ1) is 28.1.